The van der Waals surface area contributed by atoms with Gasteiger partial charge in [-0.1, -0.05) is 24.2 Å². The van der Waals surface area contributed by atoms with E-state index in [0.717, 1.165) is 6.07 Å². The van der Waals surface area contributed by atoms with Crippen molar-refractivity contribution in [3.05, 3.63) is 29.3 Å². The number of phosphoric acid groups is 1. The summed E-state index contributed by atoms with van der Waals surface area (Å²) >= 11 is 0. The molecule has 32 heavy (non-hydrogen) atoms. The average Bonchev–Trinajstić information content (AvgIpc) is 3.26. The molecule has 0 bridgehead atoms. The van der Waals surface area contributed by atoms with Crippen LogP contribution < -0.4 is 19.6 Å². The normalized spacial score (nSPS) is 11.3. The van der Waals surface area contributed by atoms with E-state index in [1.807, 2.05) is 0 Å². The zero-order valence-electron chi connectivity index (χ0n) is 17.7. The van der Waals surface area contributed by atoms with Crippen molar-refractivity contribution in [2.75, 3.05) is 6.54 Å². The summed E-state index contributed by atoms with van der Waals surface area (Å²) in [5.74, 6) is -1.59. The van der Waals surface area contributed by atoms with Gasteiger partial charge in [-0.15, -0.1) is 0 Å². The van der Waals surface area contributed by atoms with Gasteiger partial charge in [0.05, 0.1) is 5.56 Å². The molecule has 2 heterocycles. The number of nitrogens with zero attached hydrogens (tertiary/aromatic N) is 3. The zero-order valence-corrected chi connectivity index (χ0v) is 20.8. The number of aryl methyl sites for hydroxylation is 1. The fraction of sp³-hybridized carbons (Fsp3) is 0.333. The summed E-state index contributed by atoms with van der Waals surface area (Å²) in [5.41, 5.74) is 0.170. The van der Waals surface area contributed by atoms with Gasteiger partial charge < -0.3 is 38.3 Å². The fourth-order valence-electron chi connectivity index (χ4n) is 2.90. The SMILES string of the molecule is CCNC(=O)c1noc(-c2cc(C(C)C)c(O)cc2OP(=O)([O-])[O-])c1-c1noc(C)n1.[Ca+2]. The molecule has 1 amide bonds. The molecule has 0 spiro atoms. The third-order valence-corrected chi connectivity index (χ3v) is 4.62. The molecule has 2 aromatic heterocycles. The van der Waals surface area contributed by atoms with Crippen molar-refractivity contribution in [2.24, 2.45) is 0 Å². The van der Waals surface area contributed by atoms with Crippen LogP contribution in [0.25, 0.3) is 22.7 Å². The summed E-state index contributed by atoms with van der Waals surface area (Å²) in [5, 5.41) is 20.4. The molecular formula is C18H19CaN4O8P. The topological polar surface area (TPSA) is 187 Å². The molecule has 12 nitrogen and oxygen atoms in total. The van der Waals surface area contributed by atoms with Crippen LogP contribution in [0.1, 0.15) is 48.6 Å². The summed E-state index contributed by atoms with van der Waals surface area (Å²) in [6, 6.07) is 2.36. The number of phosphoric ester groups is 1. The summed E-state index contributed by atoms with van der Waals surface area (Å²) in [7, 11) is -5.50. The molecule has 14 heteroatoms. The molecular weight excluding hydrogens is 471 g/mol. The number of carbonyl (C=O) groups excluding carboxylic acids is 1. The Bertz CT molecular complexity index is 1170. The first-order valence-corrected chi connectivity index (χ1v) is 10.6. The quantitative estimate of drug-likeness (QED) is 0.357. The third-order valence-electron chi connectivity index (χ3n) is 4.20. The minimum Gasteiger partial charge on any atom is -0.780 e. The first kappa shape index (κ1) is 26.3. The minimum absolute atomic E-state index is 0. The maximum absolute atomic E-state index is 12.5. The van der Waals surface area contributed by atoms with E-state index in [2.05, 4.69) is 25.1 Å². The van der Waals surface area contributed by atoms with Gasteiger partial charge >= 0.3 is 37.7 Å². The molecule has 0 unspecified atom stereocenters. The third kappa shape index (κ3) is 5.69. The molecule has 0 saturated carbocycles. The maximum Gasteiger partial charge on any atom is 2.00 e. The Morgan fingerprint density at radius 1 is 1.28 bits per heavy atom. The van der Waals surface area contributed by atoms with E-state index in [4.69, 9.17) is 9.05 Å². The number of phenolic OH excluding ortho intramolecular Hbond substituents is 1. The van der Waals surface area contributed by atoms with Crippen molar-refractivity contribution >= 4 is 51.5 Å². The van der Waals surface area contributed by atoms with Crippen molar-refractivity contribution in [1.82, 2.24) is 20.6 Å². The van der Waals surface area contributed by atoms with Crippen molar-refractivity contribution < 1.29 is 37.8 Å². The fourth-order valence-corrected chi connectivity index (χ4v) is 3.30. The molecule has 166 valence electrons. The maximum atomic E-state index is 12.5. The second-order valence-electron chi connectivity index (χ2n) is 6.83. The van der Waals surface area contributed by atoms with Gasteiger partial charge in [-0.25, -0.2) is 0 Å². The van der Waals surface area contributed by atoms with E-state index < -0.39 is 19.5 Å². The Kier molecular flexibility index (Phi) is 8.49. The summed E-state index contributed by atoms with van der Waals surface area (Å²) in [4.78, 5) is 39.2. The van der Waals surface area contributed by atoms with Crippen molar-refractivity contribution in [3.63, 3.8) is 0 Å². The number of amides is 1. The number of aromatic hydroxyl groups is 1. The van der Waals surface area contributed by atoms with Crippen LogP contribution in [0, 0.1) is 6.92 Å². The van der Waals surface area contributed by atoms with E-state index in [0.29, 0.717) is 12.1 Å². The second-order valence-corrected chi connectivity index (χ2v) is 7.91. The van der Waals surface area contributed by atoms with Crippen molar-refractivity contribution in [2.45, 2.75) is 33.6 Å². The molecule has 2 N–H and O–H groups in total. The van der Waals surface area contributed by atoms with E-state index >= 15 is 0 Å². The molecule has 0 atom stereocenters. The molecule has 0 radical (unpaired) electrons. The second kappa shape index (κ2) is 10.3. The Morgan fingerprint density at radius 3 is 2.50 bits per heavy atom. The number of carbonyl (C=O) groups is 1. The largest absolute Gasteiger partial charge is 2.00 e. The van der Waals surface area contributed by atoms with Crippen LogP contribution >= 0.6 is 7.82 Å². The van der Waals surface area contributed by atoms with Crippen LogP contribution in [0.2, 0.25) is 0 Å². The molecule has 0 aliphatic rings. The summed E-state index contributed by atoms with van der Waals surface area (Å²) in [6.07, 6.45) is 0. The molecule has 3 rings (SSSR count). The van der Waals surface area contributed by atoms with Crippen molar-refractivity contribution in [1.29, 1.82) is 0 Å². The minimum atomic E-state index is -5.50. The van der Waals surface area contributed by atoms with Gasteiger partial charge in [-0.2, -0.15) is 4.98 Å². The van der Waals surface area contributed by atoms with E-state index in [1.54, 1.807) is 20.8 Å². The smallest absolute Gasteiger partial charge is 0.780 e. The number of benzene rings is 1. The Balaban J connectivity index is 0.00000363. The molecule has 1 aromatic carbocycles. The Morgan fingerprint density at radius 2 is 1.97 bits per heavy atom. The van der Waals surface area contributed by atoms with E-state index in [-0.39, 0.29) is 83.7 Å². The van der Waals surface area contributed by atoms with Gasteiger partial charge in [-0.05, 0) is 24.5 Å². The average molecular weight is 490 g/mol. The molecule has 0 aliphatic heterocycles. The van der Waals surface area contributed by atoms with Gasteiger partial charge in [0.25, 0.3) is 5.91 Å². The number of phenols is 1. The van der Waals surface area contributed by atoms with Crippen LogP contribution in [0.15, 0.2) is 21.2 Å². The Hall–Kier alpha value is -1.95. The Labute approximate surface area is 212 Å². The van der Waals surface area contributed by atoms with Crippen molar-refractivity contribution in [3.8, 4) is 34.2 Å². The standard InChI is InChI=1S/C18H21N4O8P.Ca/c1-5-19-18(24)15-14(17-20-9(4)28-22-17)16(29-21-15)11-6-10(8(2)3)12(23)7-13(11)30-31(25,26)27;/h6-8,23H,5H2,1-4H3,(H,19,24)(H2,25,26,27);/q;+2/p-2. The zero-order chi connectivity index (χ0) is 22.9. The van der Waals surface area contributed by atoms with Crippen LogP contribution in [-0.2, 0) is 4.57 Å². The van der Waals surface area contributed by atoms with E-state index in [9.17, 15) is 24.3 Å². The van der Waals surface area contributed by atoms with Crippen LogP contribution in [0.3, 0.4) is 0 Å². The first-order valence-electron chi connectivity index (χ1n) is 9.19. The molecule has 0 saturated heterocycles. The van der Waals surface area contributed by atoms with Gasteiger partial charge in [0.2, 0.25) is 11.7 Å². The number of hydrogen-bond donors (Lipinski definition) is 2. The molecule has 0 aliphatic carbocycles. The van der Waals surface area contributed by atoms with Crippen LogP contribution in [-0.4, -0.2) is 70.6 Å². The van der Waals surface area contributed by atoms with Crippen LogP contribution in [0.5, 0.6) is 11.5 Å². The van der Waals surface area contributed by atoms with Crippen LogP contribution in [0.4, 0.5) is 0 Å². The van der Waals surface area contributed by atoms with Gasteiger partial charge in [0.1, 0.15) is 24.9 Å². The summed E-state index contributed by atoms with van der Waals surface area (Å²) in [6.45, 7) is 7.11. The predicted octanol–water partition coefficient (Wildman–Crippen LogP) is 1.11. The predicted molar refractivity (Wildman–Crippen MR) is 108 cm³/mol. The number of hydrogen-bond acceptors (Lipinski definition) is 11. The van der Waals surface area contributed by atoms with Gasteiger partial charge in [0.15, 0.2) is 11.5 Å². The number of nitrogens with one attached hydrogen (secondary N) is 1. The van der Waals surface area contributed by atoms with E-state index in [1.165, 1.54) is 13.0 Å². The number of aromatic nitrogens is 3. The van der Waals surface area contributed by atoms with Gasteiger partial charge in [-0.3, -0.25) is 4.79 Å². The molecule has 0 fully saturated rings. The van der Waals surface area contributed by atoms with Gasteiger partial charge in [0, 0.05) is 19.5 Å². The number of rotatable bonds is 7. The molecule has 3 aromatic rings. The summed E-state index contributed by atoms with van der Waals surface area (Å²) < 4.78 is 26.2. The monoisotopic (exact) mass is 490 g/mol. The first-order chi connectivity index (χ1) is 14.5.